The molecule has 1 aliphatic carbocycles. The summed E-state index contributed by atoms with van der Waals surface area (Å²) in [7, 11) is 0. The summed E-state index contributed by atoms with van der Waals surface area (Å²) < 4.78 is 1.90. The lowest BCUT2D eigenvalue weighted by Gasteiger charge is -2.34. The number of hydrogen-bond donors (Lipinski definition) is 2. The standard InChI is InChI=1S/C27H33N7O/c1-17-10-13-33(16-17)23-15-25(29-19-8-11-27(3,35)12-9-19)34-24(31-23)14-22(32-34)26-18(2)28-20-6-4-5-7-21(20)30-26/h4-7,14-15,17,19,29,35H,8-13,16H2,1-3H3/t17-,19-,27-/m1/s1. The van der Waals surface area contributed by atoms with Crippen molar-refractivity contribution in [1.29, 1.82) is 0 Å². The molecule has 2 N–H and O–H groups in total. The highest BCUT2D eigenvalue weighted by Crippen LogP contribution is 2.32. The Morgan fingerprint density at radius 3 is 2.49 bits per heavy atom. The fraction of sp³-hybridized carbons (Fsp3) is 0.481. The Bertz CT molecular complexity index is 1390. The van der Waals surface area contributed by atoms with E-state index in [-0.39, 0.29) is 0 Å². The van der Waals surface area contributed by atoms with Crippen LogP contribution in [0.3, 0.4) is 0 Å². The lowest BCUT2D eigenvalue weighted by atomic mass is 9.84. The molecule has 0 unspecified atom stereocenters. The largest absolute Gasteiger partial charge is 0.390 e. The molecule has 0 spiro atoms. The van der Waals surface area contributed by atoms with Crippen LogP contribution in [0.1, 0.15) is 51.6 Å². The highest BCUT2D eigenvalue weighted by atomic mass is 16.3. The number of para-hydroxylation sites is 2. The number of hydrogen-bond acceptors (Lipinski definition) is 7. The van der Waals surface area contributed by atoms with Gasteiger partial charge in [-0.05, 0) is 64.0 Å². The predicted molar refractivity (Wildman–Crippen MR) is 139 cm³/mol. The normalized spacial score (nSPS) is 25.0. The smallest absolute Gasteiger partial charge is 0.160 e. The number of nitrogens with zero attached hydrogens (tertiary/aromatic N) is 6. The Morgan fingerprint density at radius 2 is 1.77 bits per heavy atom. The Morgan fingerprint density at radius 1 is 1.03 bits per heavy atom. The van der Waals surface area contributed by atoms with Crippen molar-refractivity contribution in [3.8, 4) is 11.4 Å². The zero-order chi connectivity index (χ0) is 24.2. The van der Waals surface area contributed by atoms with Crippen LogP contribution < -0.4 is 10.2 Å². The Labute approximate surface area is 205 Å². The molecule has 0 bridgehead atoms. The van der Waals surface area contributed by atoms with E-state index in [0.717, 1.165) is 84.2 Å². The maximum atomic E-state index is 10.4. The fourth-order valence-corrected chi connectivity index (χ4v) is 5.41. The summed E-state index contributed by atoms with van der Waals surface area (Å²) in [4.78, 5) is 17.0. The van der Waals surface area contributed by atoms with Gasteiger partial charge in [0.25, 0.3) is 0 Å². The molecular formula is C27H33N7O. The van der Waals surface area contributed by atoms with E-state index in [1.807, 2.05) is 48.7 Å². The molecule has 2 fully saturated rings. The second-order valence-corrected chi connectivity index (χ2v) is 10.7. The van der Waals surface area contributed by atoms with Crippen LogP contribution in [-0.2, 0) is 0 Å². The molecule has 4 heterocycles. The van der Waals surface area contributed by atoms with Gasteiger partial charge in [0, 0.05) is 31.3 Å². The molecular weight excluding hydrogens is 438 g/mol. The predicted octanol–water partition coefficient (Wildman–Crippen LogP) is 4.60. The first-order chi connectivity index (χ1) is 16.8. The van der Waals surface area contributed by atoms with Crippen LogP contribution >= 0.6 is 0 Å². The van der Waals surface area contributed by atoms with Gasteiger partial charge in [0.2, 0.25) is 0 Å². The molecule has 8 nitrogen and oxygen atoms in total. The molecule has 35 heavy (non-hydrogen) atoms. The van der Waals surface area contributed by atoms with Crippen molar-refractivity contribution in [3.63, 3.8) is 0 Å². The molecule has 1 atom stereocenters. The van der Waals surface area contributed by atoms with Gasteiger partial charge in [-0.25, -0.2) is 15.0 Å². The second-order valence-electron chi connectivity index (χ2n) is 10.7. The molecule has 1 aliphatic heterocycles. The van der Waals surface area contributed by atoms with Gasteiger partial charge in [-0.2, -0.15) is 9.61 Å². The number of rotatable bonds is 4. The van der Waals surface area contributed by atoms with Gasteiger partial charge in [-0.15, -0.1) is 0 Å². The summed E-state index contributed by atoms with van der Waals surface area (Å²) in [5, 5.41) is 19.1. The molecule has 0 radical (unpaired) electrons. The van der Waals surface area contributed by atoms with E-state index in [4.69, 9.17) is 20.1 Å². The first-order valence-corrected chi connectivity index (χ1v) is 12.7. The number of aromatic nitrogens is 5. The average Bonchev–Trinajstić information content (AvgIpc) is 3.46. The molecule has 4 aromatic rings. The van der Waals surface area contributed by atoms with Gasteiger partial charge in [0.15, 0.2) is 5.65 Å². The molecule has 0 amide bonds. The van der Waals surface area contributed by atoms with Crippen molar-refractivity contribution in [2.24, 2.45) is 5.92 Å². The Kier molecular flexibility index (Phi) is 5.36. The monoisotopic (exact) mass is 471 g/mol. The maximum Gasteiger partial charge on any atom is 0.160 e. The number of fused-ring (bicyclic) bond motifs is 2. The van der Waals surface area contributed by atoms with Crippen molar-refractivity contribution in [2.45, 2.75) is 64.5 Å². The van der Waals surface area contributed by atoms with Gasteiger partial charge in [0.05, 0.1) is 22.3 Å². The molecule has 6 rings (SSSR count). The molecule has 1 aromatic carbocycles. The zero-order valence-corrected chi connectivity index (χ0v) is 20.7. The van der Waals surface area contributed by atoms with Crippen LogP contribution in [0, 0.1) is 12.8 Å². The van der Waals surface area contributed by atoms with Crippen LogP contribution in [0.15, 0.2) is 36.4 Å². The van der Waals surface area contributed by atoms with Gasteiger partial charge < -0.3 is 15.3 Å². The summed E-state index contributed by atoms with van der Waals surface area (Å²) in [5.74, 6) is 2.59. The fourth-order valence-electron chi connectivity index (χ4n) is 5.41. The van der Waals surface area contributed by atoms with Crippen LogP contribution in [0.25, 0.3) is 28.1 Å². The average molecular weight is 472 g/mol. The summed E-state index contributed by atoms with van der Waals surface area (Å²) in [6.07, 6.45) is 4.63. The highest BCUT2D eigenvalue weighted by molar-refractivity contribution is 5.78. The van der Waals surface area contributed by atoms with Crippen molar-refractivity contribution in [2.75, 3.05) is 23.3 Å². The third kappa shape index (κ3) is 4.31. The van der Waals surface area contributed by atoms with Crippen molar-refractivity contribution in [3.05, 3.63) is 42.1 Å². The number of anilines is 2. The van der Waals surface area contributed by atoms with Gasteiger partial charge in [0.1, 0.15) is 23.0 Å². The third-order valence-corrected chi connectivity index (χ3v) is 7.56. The zero-order valence-electron chi connectivity index (χ0n) is 20.7. The minimum Gasteiger partial charge on any atom is -0.390 e. The van der Waals surface area contributed by atoms with E-state index in [0.29, 0.717) is 12.0 Å². The molecule has 182 valence electrons. The summed E-state index contributed by atoms with van der Waals surface area (Å²) >= 11 is 0. The highest BCUT2D eigenvalue weighted by Gasteiger charge is 2.29. The van der Waals surface area contributed by atoms with Crippen LogP contribution in [-0.4, -0.2) is 54.4 Å². The first kappa shape index (κ1) is 22.2. The summed E-state index contributed by atoms with van der Waals surface area (Å²) in [6.45, 7) is 8.25. The van der Waals surface area contributed by atoms with Crippen molar-refractivity contribution in [1.82, 2.24) is 24.6 Å². The molecule has 8 heteroatoms. The SMILES string of the molecule is Cc1nc2ccccc2nc1-c1cc2nc(N3CC[C@@H](C)C3)cc(N[C@H]3CC[C@](C)(O)CC3)n2n1. The quantitative estimate of drug-likeness (QED) is 0.449. The van der Waals surface area contributed by atoms with E-state index in [2.05, 4.69) is 23.2 Å². The minimum absolute atomic E-state index is 0.293. The van der Waals surface area contributed by atoms with E-state index >= 15 is 0 Å². The summed E-state index contributed by atoms with van der Waals surface area (Å²) in [5.41, 5.74) is 4.39. The number of benzene rings is 1. The number of aliphatic hydroxyl groups is 1. The molecule has 1 saturated heterocycles. The van der Waals surface area contributed by atoms with Gasteiger partial charge in [-0.1, -0.05) is 19.1 Å². The van der Waals surface area contributed by atoms with Gasteiger partial charge in [-0.3, -0.25) is 0 Å². The second kappa shape index (κ2) is 8.45. The topological polar surface area (TPSA) is 91.5 Å². The van der Waals surface area contributed by atoms with Gasteiger partial charge >= 0.3 is 0 Å². The van der Waals surface area contributed by atoms with E-state index in [9.17, 15) is 5.11 Å². The lowest BCUT2D eigenvalue weighted by Crippen LogP contribution is -2.36. The minimum atomic E-state index is -0.562. The van der Waals surface area contributed by atoms with E-state index < -0.39 is 5.60 Å². The van der Waals surface area contributed by atoms with Crippen molar-refractivity contribution < 1.29 is 5.11 Å². The van der Waals surface area contributed by atoms with E-state index in [1.165, 1.54) is 6.42 Å². The van der Waals surface area contributed by atoms with Crippen molar-refractivity contribution >= 4 is 28.3 Å². The van der Waals surface area contributed by atoms with Crippen LogP contribution in [0.5, 0.6) is 0 Å². The third-order valence-electron chi connectivity index (χ3n) is 7.56. The Hall–Kier alpha value is -3.26. The molecule has 1 saturated carbocycles. The number of nitrogens with one attached hydrogen (secondary N) is 1. The maximum absolute atomic E-state index is 10.4. The lowest BCUT2D eigenvalue weighted by molar-refractivity contribution is 0.0196. The van der Waals surface area contributed by atoms with Crippen LogP contribution in [0.2, 0.25) is 0 Å². The summed E-state index contributed by atoms with van der Waals surface area (Å²) in [6, 6.07) is 12.4. The first-order valence-electron chi connectivity index (χ1n) is 12.7. The van der Waals surface area contributed by atoms with E-state index in [1.54, 1.807) is 0 Å². The Balaban J connectivity index is 1.42. The number of aryl methyl sites for hydroxylation is 1. The molecule has 3 aromatic heterocycles. The van der Waals surface area contributed by atoms with Crippen LogP contribution in [0.4, 0.5) is 11.6 Å². The molecule has 2 aliphatic rings.